The molecule has 8 heteroatoms. The highest BCUT2D eigenvalue weighted by molar-refractivity contribution is 5.66. The lowest BCUT2D eigenvalue weighted by Crippen LogP contribution is -2.45. The average molecular weight is 486 g/mol. The van der Waals surface area contributed by atoms with Crippen molar-refractivity contribution in [2.75, 3.05) is 48.3 Å². The van der Waals surface area contributed by atoms with Crippen LogP contribution >= 0.6 is 0 Å². The number of likely N-dealkylation sites (N-methyl/N-ethyl adjacent to an activating group) is 1. The second-order valence-corrected chi connectivity index (χ2v) is 10.6. The number of nitrogens with one attached hydrogen (secondary N) is 1. The number of morpholine rings is 1. The molecule has 0 spiro atoms. The average Bonchev–Trinajstić information content (AvgIpc) is 3.43. The SMILES string of the molecule is Cc1cc(Nc2nccc(-c3ccc(N4CC(C)OC(C)C4)nc3)n2)ccc1N1CC2CC1CN2C. The number of piperazine rings is 1. The summed E-state index contributed by atoms with van der Waals surface area (Å²) in [5.74, 6) is 1.56. The predicted octanol–water partition coefficient (Wildman–Crippen LogP) is 4.10. The zero-order valence-corrected chi connectivity index (χ0v) is 21.6. The van der Waals surface area contributed by atoms with Crippen molar-refractivity contribution in [1.29, 1.82) is 0 Å². The lowest BCUT2D eigenvalue weighted by Gasteiger charge is -2.36. The largest absolute Gasteiger partial charge is 0.372 e. The Morgan fingerprint density at radius 2 is 1.78 bits per heavy atom. The van der Waals surface area contributed by atoms with Gasteiger partial charge in [-0.15, -0.1) is 0 Å². The molecule has 0 amide bonds. The predicted molar refractivity (Wildman–Crippen MR) is 144 cm³/mol. The summed E-state index contributed by atoms with van der Waals surface area (Å²) in [5.41, 5.74) is 5.43. The number of aryl methyl sites for hydroxylation is 1. The van der Waals surface area contributed by atoms with E-state index in [-0.39, 0.29) is 12.2 Å². The summed E-state index contributed by atoms with van der Waals surface area (Å²) in [6.07, 6.45) is 5.37. The molecule has 0 aliphatic carbocycles. The Morgan fingerprint density at radius 3 is 2.44 bits per heavy atom. The highest BCUT2D eigenvalue weighted by Crippen LogP contribution is 2.36. The van der Waals surface area contributed by atoms with Crippen molar-refractivity contribution in [3.63, 3.8) is 0 Å². The van der Waals surface area contributed by atoms with Gasteiger partial charge in [0.1, 0.15) is 5.82 Å². The second-order valence-electron chi connectivity index (χ2n) is 10.6. The first kappa shape index (κ1) is 23.2. The summed E-state index contributed by atoms with van der Waals surface area (Å²) in [6, 6.07) is 14.0. The summed E-state index contributed by atoms with van der Waals surface area (Å²) in [4.78, 5) is 21.3. The molecule has 0 radical (unpaired) electrons. The molecule has 3 saturated heterocycles. The molecule has 3 aromatic rings. The molecule has 188 valence electrons. The van der Waals surface area contributed by atoms with Crippen LogP contribution < -0.4 is 15.1 Å². The van der Waals surface area contributed by atoms with E-state index in [4.69, 9.17) is 14.7 Å². The number of benzene rings is 1. The third-order valence-corrected chi connectivity index (χ3v) is 7.72. The fraction of sp³-hybridized carbons (Fsp3) is 0.464. The van der Waals surface area contributed by atoms with Gasteiger partial charge in [0.2, 0.25) is 5.95 Å². The van der Waals surface area contributed by atoms with Crippen LogP contribution in [0.4, 0.5) is 23.1 Å². The van der Waals surface area contributed by atoms with E-state index in [1.54, 1.807) is 6.20 Å². The minimum absolute atomic E-state index is 0.204. The lowest BCUT2D eigenvalue weighted by atomic mass is 10.1. The first-order valence-corrected chi connectivity index (χ1v) is 13.0. The molecule has 3 aliphatic rings. The number of hydrogen-bond acceptors (Lipinski definition) is 8. The van der Waals surface area contributed by atoms with Crippen molar-refractivity contribution < 1.29 is 4.74 Å². The van der Waals surface area contributed by atoms with E-state index in [1.165, 1.54) is 17.7 Å². The molecule has 36 heavy (non-hydrogen) atoms. The van der Waals surface area contributed by atoms with Crippen LogP contribution in [-0.4, -0.2) is 77.4 Å². The molecule has 5 heterocycles. The molecule has 2 bridgehead atoms. The minimum Gasteiger partial charge on any atom is -0.372 e. The standard InChI is InChI=1S/C28H35N7O/c1-18-11-22(6-7-26(18)35-17-23-12-24(35)16-33(23)4)31-28-29-10-9-25(32-28)21-5-8-27(30-13-21)34-14-19(2)36-20(3)15-34/h5-11,13,19-20,23-24H,12,14-17H2,1-4H3,(H,29,31,32). The molecule has 1 N–H and O–H groups in total. The third kappa shape index (κ3) is 4.51. The minimum atomic E-state index is 0.204. The quantitative estimate of drug-likeness (QED) is 0.579. The highest BCUT2D eigenvalue weighted by Gasteiger charge is 2.41. The van der Waals surface area contributed by atoms with Gasteiger partial charge in [-0.05, 0) is 76.2 Å². The summed E-state index contributed by atoms with van der Waals surface area (Å²) >= 11 is 0. The molecule has 6 rings (SSSR count). The van der Waals surface area contributed by atoms with Gasteiger partial charge < -0.3 is 19.9 Å². The van der Waals surface area contributed by atoms with Crippen LogP contribution in [0.25, 0.3) is 11.3 Å². The first-order chi connectivity index (χ1) is 17.4. The highest BCUT2D eigenvalue weighted by atomic mass is 16.5. The van der Waals surface area contributed by atoms with E-state index in [9.17, 15) is 0 Å². The number of anilines is 4. The van der Waals surface area contributed by atoms with Crippen molar-refractivity contribution in [3.8, 4) is 11.3 Å². The number of hydrogen-bond donors (Lipinski definition) is 1. The molecule has 8 nitrogen and oxygen atoms in total. The van der Waals surface area contributed by atoms with E-state index in [1.807, 2.05) is 12.3 Å². The van der Waals surface area contributed by atoms with Gasteiger partial charge in [-0.25, -0.2) is 15.0 Å². The monoisotopic (exact) mass is 485 g/mol. The van der Waals surface area contributed by atoms with Gasteiger partial charge in [0.05, 0.1) is 17.9 Å². The van der Waals surface area contributed by atoms with Gasteiger partial charge in [0, 0.05) is 67.6 Å². The van der Waals surface area contributed by atoms with Gasteiger partial charge in [0.25, 0.3) is 0 Å². The number of pyridine rings is 1. The number of fused-ring (bicyclic) bond motifs is 2. The summed E-state index contributed by atoms with van der Waals surface area (Å²) in [7, 11) is 2.24. The van der Waals surface area contributed by atoms with Crippen molar-refractivity contribution in [2.24, 2.45) is 0 Å². The molecule has 4 unspecified atom stereocenters. The normalized spacial score (nSPS) is 26.0. The van der Waals surface area contributed by atoms with E-state index >= 15 is 0 Å². The van der Waals surface area contributed by atoms with E-state index in [0.717, 1.165) is 48.9 Å². The first-order valence-electron chi connectivity index (χ1n) is 13.0. The van der Waals surface area contributed by atoms with E-state index < -0.39 is 0 Å². The van der Waals surface area contributed by atoms with E-state index in [0.29, 0.717) is 18.0 Å². The molecule has 3 fully saturated rings. The second kappa shape index (κ2) is 9.33. The van der Waals surface area contributed by atoms with Crippen LogP contribution in [0.3, 0.4) is 0 Å². The summed E-state index contributed by atoms with van der Waals surface area (Å²) < 4.78 is 5.85. The Morgan fingerprint density at radius 1 is 0.944 bits per heavy atom. The Kier molecular flexibility index (Phi) is 6.01. The fourth-order valence-electron chi connectivity index (χ4n) is 6.01. The van der Waals surface area contributed by atoms with Gasteiger partial charge >= 0.3 is 0 Å². The van der Waals surface area contributed by atoms with Gasteiger partial charge in [0.15, 0.2) is 0 Å². The van der Waals surface area contributed by atoms with Crippen LogP contribution in [0, 0.1) is 6.92 Å². The zero-order chi connectivity index (χ0) is 24.8. The number of ether oxygens (including phenoxy) is 1. The Hall–Kier alpha value is -3.23. The van der Waals surface area contributed by atoms with Crippen LogP contribution in [-0.2, 0) is 4.74 Å². The molecule has 0 saturated carbocycles. The van der Waals surface area contributed by atoms with Gasteiger partial charge in [-0.2, -0.15) is 0 Å². The zero-order valence-electron chi connectivity index (χ0n) is 21.6. The van der Waals surface area contributed by atoms with Gasteiger partial charge in [-0.3, -0.25) is 4.90 Å². The maximum atomic E-state index is 5.85. The molecule has 4 atom stereocenters. The molecular weight excluding hydrogens is 450 g/mol. The number of rotatable bonds is 5. The fourth-order valence-corrected chi connectivity index (χ4v) is 6.01. The van der Waals surface area contributed by atoms with Crippen LogP contribution in [0.5, 0.6) is 0 Å². The maximum absolute atomic E-state index is 5.85. The Bertz CT molecular complexity index is 1220. The molecule has 1 aromatic carbocycles. The van der Waals surface area contributed by atoms with Crippen molar-refractivity contribution in [1.82, 2.24) is 19.9 Å². The molecule has 2 aromatic heterocycles. The Balaban J connectivity index is 1.15. The van der Waals surface area contributed by atoms with Crippen LogP contribution in [0.2, 0.25) is 0 Å². The van der Waals surface area contributed by atoms with Crippen molar-refractivity contribution >= 4 is 23.1 Å². The summed E-state index contributed by atoms with van der Waals surface area (Å²) in [6.45, 7) is 10.4. The number of aromatic nitrogens is 3. The third-order valence-electron chi connectivity index (χ3n) is 7.72. The van der Waals surface area contributed by atoms with Crippen molar-refractivity contribution in [2.45, 2.75) is 51.5 Å². The molecule has 3 aliphatic heterocycles. The van der Waals surface area contributed by atoms with Gasteiger partial charge in [-0.1, -0.05) is 0 Å². The van der Waals surface area contributed by atoms with E-state index in [2.05, 4.69) is 83.2 Å². The lowest BCUT2D eigenvalue weighted by molar-refractivity contribution is -0.00545. The summed E-state index contributed by atoms with van der Waals surface area (Å²) in [5, 5.41) is 3.40. The van der Waals surface area contributed by atoms with Crippen LogP contribution in [0.1, 0.15) is 25.8 Å². The smallest absolute Gasteiger partial charge is 0.227 e. The molecular formula is C28H35N7O. The topological polar surface area (TPSA) is 69.6 Å². The number of nitrogens with zero attached hydrogens (tertiary/aromatic N) is 6. The van der Waals surface area contributed by atoms with Crippen LogP contribution in [0.15, 0.2) is 48.8 Å². The maximum Gasteiger partial charge on any atom is 0.227 e. The van der Waals surface area contributed by atoms with Crippen molar-refractivity contribution in [3.05, 3.63) is 54.4 Å². The Labute approximate surface area is 213 Å². The number of likely N-dealkylation sites (tertiary alicyclic amines) is 1.